The second-order valence-corrected chi connectivity index (χ2v) is 10.6. The van der Waals surface area contributed by atoms with Gasteiger partial charge >= 0.3 is 0 Å². The van der Waals surface area contributed by atoms with Gasteiger partial charge in [-0.25, -0.2) is 8.42 Å². The van der Waals surface area contributed by atoms with Crippen LogP contribution in [0, 0.1) is 0 Å². The van der Waals surface area contributed by atoms with Crippen molar-refractivity contribution in [1.82, 2.24) is 14.9 Å². The number of nitrogens with zero attached hydrogens (tertiary/aromatic N) is 1. The van der Waals surface area contributed by atoms with Crippen molar-refractivity contribution in [1.29, 1.82) is 0 Å². The minimum Gasteiger partial charge on any atom is -0.493 e. The first-order valence-corrected chi connectivity index (χ1v) is 13.0. The number of rotatable bonds is 9. The van der Waals surface area contributed by atoms with Crippen LogP contribution in [0.3, 0.4) is 0 Å². The van der Waals surface area contributed by atoms with Crippen molar-refractivity contribution in [3.05, 3.63) is 53.1 Å². The number of nitrogens with one attached hydrogen (secondary N) is 2. The number of carbonyl (C=O) groups is 2. The lowest BCUT2D eigenvalue weighted by Crippen LogP contribution is -2.53. The molecule has 1 atom stereocenters. The molecule has 0 spiro atoms. The van der Waals surface area contributed by atoms with Gasteiger partial charge in [0.05, 0.1) is 19.1 Å². The van der Waals surface area contributed by atoms with Gasteiger partial charge in [0.25, 0.3) is 0 Å². The van der Waals surface area contributed by atoms with E-state index in [0.29, 0.717) is 34.9 Å². The SMILES string of the molecule is COc1cccc(C[C@@H](NC(C)=O)C(=O)NC2CCN(S(=O)(=O)c3ccc(Cl)cc3)CC2)c1OC. The molecule has 0 aromatic heterocycles. The lowest BCUT2D eigenvalue weighted by atomic mass is 10.0. The zero-order chi connectivity index (χ0) is 25.6. The summed E-state index contributed by atoms with van der Waals surface area (Å²) in [5.41, 5.74) is 0.713. The molecule has 3 rings (SSSR count). The van der Waals surface area contributed by atoms with E-state index in [1.165, 1.54) is 37.6 Å². The van der Waals surface area contributed by atoms with E-state index >= 15 is 0 Å². The van der Waals surface area contributed by atoms with Crippen molar-refractivity contribution < 1.29 is 27.5 Å². The van der Waals surface area contributed by atoms with E-state index < -0.39 is 16.1 Å². The number of amides is 2. The smallest absolute Gasteiger partial charge is 0.243 e. The zero-order valence-electron chi connectivity index (χ0n) is 19.9. The number of methoxy groups -OCH3 is 2. The molecule has 2 N–H and O–H groups in total. The van der Waals surface area contributed by atoms with Crippen LogP contribution in [0.5, 0.6) is 11.5 Å². The fourth-order valence-electron chi connectivity index (χ4n) is 4.09. The molecule has 11 heteroatoms. The van der Waals surface area contributed by atoms with Crippen LogP contribution in [0.4, 0.5) is 0 Å². The Morgan fingerprint density at radius 3 is 2.31 bits per heavy atom. The second kappa shape index (κ2) is 11.7. The summed E-state index contributed by atoms with van der Waals surface area (Å²) in [6, 6.07) is 10.3. The molecule has 35 heavy (non-hydrogen) atoms. The number of sulfonamides is 1. The Kier molecular flexibility index (Phi) is 8.98. The van der Waals surface area contributed by atoms with Crippen LogP contribution < -0.4 is 20.1 Å². The fraction of sp³-hybridized carbons (Fsp3) is 0.417. The quantitative estimate of drug-likeness (QED) is 0.521. The highest BCUT2D eigenvalue weighted by Gasteiger charge is 2.31. The highest BCUT2D eigenvalue weighted by atomic mass is 35.5. The van der Waals surface area contributed by atoms with E-state index in [1.54, 1.807) is 24.3 Å². The number of ether oxygens (including phenoxy) is 2. The Morgan fingerprint density at radius 1 is 1.09 bits per heavy atom. The van der Waals surface area contributed by atoms with E-state index in [1.807, 2.05) is 6.07 Å². The van der Waals surface area contributed by atoms with Gasteiger partial charge in [0, 0.05) is 43.1 Å². The van der Waals surface area contributed by atoms with E-state index in [9.17, 15) is 18.0 Å². The van der Waals surface area contributed by atoms with Gasteiger partial charge in [-0.3, -0.25) is 9.59 Å². The standard InChI is InChI=1S/C24H30ClN3O6S/c1-16(29)26-21(15-17-5-4-6-22(33-2)23(17)34-3)24(30)27-19-11-13-28(14-12-19)35(31,32)20-9-7-18(25)8-10-20/h4-10,19,21H,11-15H2,1-3H3,(H,26,29)(H,27,30)/t21-/m1/s1. The van der Waals surface area contributed by atoms with E-state index in [2.05, 4.69) is 10.6 Å². The van der Waals surface area contributed by atoms with Gasteiger partial charge in [0.15, 0.2) is 11.5 Å². The third kappa shape index (κ3) is 6.65. The molecule has 0 unspecified atom stereocenters. The molecule has 2 aromatic rings. The van der Waals surface area contributed by atoms with Gasteiger partial charge in [-0.05, 0) is 43.2 Å². The number of benzene rings is 2. The fourth-order valence-corrected chi connectivity index (χ4v) is 5.68. The van der Waals surface area contributed by atoms with Crippen LogP contribution in [0.15, 0.2) is 47.4 Å². The molecular formula is C24H30ClN3O6S. The van der Waals surface area contributed by atoms with Gasteiger partial charge in [0.1, 0.15) is 6.04 Å². The maximum atomic E-state index is 13.1. The Balaban J connectivity index is 1.65. The molecule has 2 aromatic carbocycles. The van der Waals surface area contributed by atoms with Crippen LogP contribution in [-0.2, 0) is 26.0 Å². The van der Waals surface area contributed by atoms with Gasteiger partial charge in [-0.1, -0.05) is 23.7 Å². The Bertz CT molecular complexity index is 1150. The predicted octanol–water partition coefficient (Wildman–Crippen LogP) is 2.37. The van der Waals surface area contributed by atoms with Gasteiger partial charge in [-0.2, -0.15) is 4.31 Å². The number of piperidine rings is 1. The average Bonchev–Trinajstić information content (AvgIpc) is 2.83. The third-order valence-electron chi connectivity index (χ3n) is 5.85. The largest absolute Gasteiger partial charge is 0.493 e. The Hall–Kier alpha value is -2.82. The van der Waals surface area contributed by atoms with Crippen LogP contribution >= 0.6 is 11.6 Å². The normalized spacial score (nSPS) is 15.8. The first-order chi connectivity index (χ1) is 16.6. The minimum absolute atomic E-state index is 0.183. The number of halogens is 1. The molecule has 1 aliphatic heterocycles. The molecule has 0 bridgehead atoms. The maximum absolute atomic E-state index is 13.1. The van der Waals surface area contributed by atoms with Gasteiger partial charge in [0.2, 0.25) is 21.8 Å². The summed E-state index contributed by atoms with van der Waals surface area (Å²) in [4.78, 5) is 25.1. The number of para-hydroxylation sites is 1. The number of hydrogen-bond donors (Lipinski definition) is 2. The maximum Gasteiger partial charge on any atom is 0.243 e. The van der Waals surface area contributed by atoms with Crippen LogP contribution in [0.1, 0.15) is 25.3 Å². The molecule has 0 saturated carbocycles. The van der Waals surface area contributed by atoms with Crippen LogP contribution in [0.25, 0.3) is 0 Å². The average molecular weight is 524 g/mol. The summed E-state index contributed by atoms with van der Waals surface area (Å²) in [5, 5.41) is 6.13. The van der Waals surface area contributed by atoms with Crippen molar-refractivity contribution in [2.75, 3.05) is 27.3 Å². The topological polar surface area (TPSA) is 114 Å². The molecule has 0 radical (unpaired) electrons. The van der Waals surface area contributed by atoms with Crippen molar-refractivity contribution in [3.8, 4) is 11.5 Å². The monoisotopic (exact) mass is 523 g/mol. The summed E-state index contributed by atoms with van der Waals surface area (Å²) in [7, 11) is -0.597. The molecule has 1 fully saturated rings. The van der Waals surface area contributed by atoms with Crippen molar-refractivity contribution in [2.24, 2.45) is 0 Å². The lowest BCUT2D eigenvalue weighted by molar-refractivity contribution is -0.128. The van der Waals surface area contributed by atoms with E-state index in [4.69, 9.17) is 21.1 Å². The summed E-state index contributed by atoms with van der Waals surface area (Å²) >= 11 is 5.87. The third-order valence-corrected chi connectivity index (χ3v) is 8.02. The first kappa shape index (κ1) is 26.8. The Labute approximate surface area is 210 Å². The lowest BCUT2D eigenvalue weighted by Gasteiger charge is -2.32. The molecule has 9 nitrogen and oxygen atoms in total. The summed E-state index contributed by atoms with van der Waals surface area (Å²) in [6.45, 7) is 1.89. The zero-order valence-corrected chi connectivity index (χ0v) is 21.5. The molecule has 1 saturated heterocycles. The minimum atomic E-state index is -3.64. The number of hydrogen-bond acceptors (Lipinski definition) is 6. The highest BCUT2D eigenvalue weighted by molar-refractivity contribution is 7.89. The van der Waals surface area contributed by atoms with Crippen molar-refractivity contribution in [2.45, 2.75) is 43.2 Å². The molecule has 190 valence electrons. The molecule has 2 amide bonds. The molecule has 1 heterocycles. The predicted molar refractivity (Wildman–Crippen MR) is 132 cm³/mol. The molecule has 1 aliphatic rings. The van der Waals surface area contributed by atoms with Crippen LogP contribution in [0.2, 0.25) is 5.02 Å². The van der Waals surface area contributed by atoms with Gasteiger partial charge < -0.3 is 20.1 Å². The first-order valence-electron chi connectivity index (χ1n) is 11.2. The Morgan fingerprint density at radius 2 is 1.74 bits per heavy atom. The van der Waals surface area contributed by atoms with Crippen molar-refractivity contribution >= 4 is 33.4 Å². The van der Waals surface area contributed by atoms with Crippen LogP contribution in [-0.4, -0.2) is 63.9 Å². The summed E-state index contributed by atoms with van der Waals surface area (Å²) in [5.74, 6) is 0.347. The molecular weight excluding hydrogens is 494 g/mol. The second-order valence-electron chi connectivity index (χ2n) is 8.25. The summed E-state index contributed by atoms with van der Waals surface area (Å²) in [6.07, 6.45) is 1.11. The van der Waals surface area contributed by atoms with Gasteiger partial charge in [-0.15, -0.1) is 0 Å². The van der Waals surface area contributed by atoms with Crippen molar-refractivity contribution in [3.63, 3.8) is 0 Å². The summed E-state index contributed by atoms with van der Waals surface area (Å²) < 4.78 is 38.0. The highest BCUT2D eigenvalue weighted by Crippen LogP contribution is 2.31. The number of carbonyl (C=O) groups excluding carboxylic acids is 2. The molecule has 0 aliphatic carbocycles. The van der Waals surface area contributed by atoms with E-state index in [0.717, 1.165) is 0 Å². The van der Waals surface area contributed by atoms with E-state index in [-0.39, 0.29) is 42.3 Å².